The van der Waals surface area contributed by atoms with Gasteiger partial charge in [-0.1, -0.05) is 31.5 Å². The van der Waals surface area contributed by atoms with Gasteiger partial charge in [-0.05, 0) is 39.7 Å². The van der Waals surface area contributed by atoms with E-state index in [0.29, 0.717) is 6.54 Å². The molecule has 1 aromatic heterocycles. The van der Waals surface area contributed by atoms with Crippen LogP contribution in [0.1, 0.15) is 61.8 Å². The van der Waals surface area contributed by atoms with Gasteiger partial charge in [0.1, 0.15) is 5.75 Å². The molecular formula is C22H35N5O. The molecule has 0 aliphatic heterocycles. The highest BCUT2D eigenvalue weighted by Gasteiger charge is 2.15. The van der Waals surface area contributed by atoms with Gasteiger partial charge in [0.25, 0.3) is 0 Å². The van der Waals surface area contributed by atoms with E-state index < -0.39 is 0 Å². The van der Waals surface area contributed by atoms with E-state index in [-0.39, 0.29) is 6.04 Å². The number of aromatic nitrogens is 2. The molecule has 2 rings (SSSR count). The summed E-state index contributed by atoms with van der Waals surface area (Å²) in [4.78, 5) is 4.86. The van der Waals surface area contributed by atoms with Gasteiger partial charge in [-0.3, -0.25) is 4.68 Å². The van der Waals surface area contributed by atoms with E-state index >= 15 is 0 Å². The zero-order valence-corrected chi connectivity index (χ0v) is 18.4. The monoisotopic (exact) mass is 385 g/mol. The molecule has 154 valence electrons. The summed E-state index contributed by atoms with van der Waals surface area (Å²) >= 11 is 0. The van der Waals surface area contributed by atoms with Crippen molar-refractivity contribution >= 4 is 5.96 Å². The second-order valence-corrected chi connectivity index (χ2v) is 7.01. The van der Waals surface area contributed by atoms with E-state index in [0.717, 1.165) is 42.4 Å². The number of nitrogens with zero attached hydrogens (tertiary/aromatic N) is 3. The zero-order chi connectivity index (χ0) is 20.7. The van der Waals surface area contributed by atoms with Crippen molar-refractivity contribution in [3.8, 4) is 5.75 Å². The van der Waals surface area contributed by atoms with Gasteiger partial charge in [-0.25, -0.2) is 4.99 Å². The van der Waals surface area contributed by atoms with E-state index in [1.165, 1.54) is 16.8 Å². The van der Waals surface area contributed by atoms with Crippen molar-refractivity contribution in [2.45, 2.75) is 60.0 Å². The van der Waals surface area contributed by atoms with E-state index in [2.05, 4.69) is 62.5 Å². The zero-order valence-electron chi connectivity index (χ0n) is 18.4. The Balaban J connectivity index is 2.25. The fourth-order valence-corrected chi connectivity index (χ4v) is 3.53. The summed E-state index contributed by atoms with van der Waals surface area (Å²) in [6.45, 7) is 12.0. The first-order chi connectivity index (χ1) is 13.4. The minimum Gasteiger partial charge on any atom is -0.496 e. The first-order valence-electron chi connectivity index (χ1n) is 10.2. The lowest BCUT2D eigenvalue weighted by Gasteiger charge is -2.20. The topological polar surface area (TPSA) is 63.5 Å². The van der Waals surface area contributed by atoms with Crippen LogP contribution in [0.25, 0.3) is 0 Å². The third-order valence-electron chi connectivity index (χ3n) is 4.97. The molecule has 0 saturated carbocycles. The first-order valence-corrected chi connectivity index (χ1v) is 10.2. The van der Waals surface area contributed by atoms with Gasteiger partial charge in [0.05, 0.1) is 25.4 Å². The van der Waals surface area contributed by atoms with Gasteiger partial charge in [0, 0.05) is 30.4 Å². The Kier molecular flexibility index (Phi) is 7.91. The number of nitrogens with one attached hydrogen (secondary N) is 2. The van der Waals surface area contributed by atoms with Crippen LogP contribution in [0.3, 0.4) is 0 Å². The molecule has 0 aliphatic carbocycles. The minimum atomic E-state index is 0.0674. The molecule has 6 heteroatoms. The van der Waals surface area contributed by atoms with Crippen LogP contribution in [0, 0.1) is 6.92 Å². The highest BCUT2D eigenvalue weighted by molar-refractivity contribution is 5.80. The normalized spacial score (nSPS) is 12.8. The standard InChI is InChI=1S/C22H35N5O/c1-8-19-18(20(9-2)27(6)26-19)14-24-22(23-10-3)25-16(5)17-13-15(4)11-12-21(17)28-7/h11-13,16H,8-10,14H2,1-7H3,(H2,23,24,25). The van der Waals surface area contributed by atoms with E-state index in [4.69, 9.17) is 9.73 Å². The summed E-state index contributed by atoms with van der Waals surface area (Å²) in [7, 11) is 3.72. The molecule has 0 spiro atoms. The average molecular weight is 386 g/mol. The molecule has 0 aliphatic rings. The van der Waals surface area contributed by atoms with E-state index in [1.807, 2.05) is 17.8 Å². The molecule has 1 heterocycles. The molecule has 28 heavy (non-hydrogen) atoms. The molecule has 2 aromatic rings. The van der Waals surface area contributed by atoms with Gasteiger partial charge in [-0.2, -0.15) is 5.10 Å². The van der Waals surface area contributed by atoms with Gasteiger partial charge < -0.3 is 15.4 Å². The first kappa shape index (κ1) is 21.8. The van der Waals surface area contributed by atoms with Crippen LogP contribution in [-0.2, 0) is 26.4 Å². The molecule has 2 N–H and O–H groups in total. The second kappa shape index (κ2) is 10.2. The molecule has 1 aromatic carbocycles. The maximum atomic E-state index is 5.54. The Morgan fingerprint density at radius 3 is 2.61 bits per heavy atom. The number of aryl methyl sites for hydroxylation is 3. The maximum absolute atomic E-state index is 5.54. The number of rotatable bonds is 8. The molecule has 6 nitrogen and oxygen atoms in total. The Hall–Kier alpha value is -2.50. The predicted molar refractivity (Wildman–Crippen MR) is 116 cm³/mol. The Morgan fingerprint density at radius 2 is 2.00 bits per heavy atom. The Morgan fingerprint density at radius 1 is 1.25 bits per heavy atom. The summed E-state index contributed by atoms with van der Waals surface area (Å²) in [5, 5.41) is 11.5. The number of hydrogen-bond acceptors (Lipinski definition) is 3. The van der Waals surface area contributed by atoms with Crippen molar-refractivity contribution in [3.63, 3.8) is 0 Å². The van der Waals surface area contributed by atoms with Gasteiger partial charge in [0.2, 0.25) is 0 Å². The fraction of sp³-hybridized carbons (Fsp3) is 0.545. The van der Waals surface area contributed by atoms with Crippen LogP contribution in [0.2, 0.25) is 0 Å². The SMILES string of the molecule is CCNC(=NCc1c(CC)nn(C)c1CC)NC(C)c1cc(C)ccc1OC. The fourth-order valence-electron chi connectivity index (χ4n) is 3.53. The molecule has 0 radical (unpaired) electrons. The third-order valence-corrected chi connectivity index (χ3v) is 4.97. The largest absolute Gasteiger partial charge is 0.496 e. The highest BCUT2D eigenvalue weighted by Crippen LogP contribution is 2.26. The van der Waals surface area contributed by atoms with Crippen molar-refractivity contribution in [1.29, 1.82) is 0 Å². The quantitative estimate of drug-likeness (QED) is 0.537. The minimum absolute atomic E-state index is 0.0674. The van der Waals surface area contributed by atoms with Crippen molar-refractivity contribution in [2.24, 2.45) is 12.0 Å². The number of guanidine groups is 1. The smallest absolute Gasteiger partial charge is 0.192 e. The van der Waals surface area contributed by atoms with Gasteiger partial charge in [-0.15, -0.1) is 0 Å². The summed E-state index contributed by atoms with van der Waals surface area (Å²) in [6, 6.07) is 6.31. The van der Waals surface area contributed by atoms with Crippen LogP contribution in [0.5, 0.6) is 5.75 Å². The molecule has 1 unspecified atom stereocenters. The van der Waals surface area contributed by atoms with Crippen LogP contribution in [0.15, 0.2) is 23.2 Å². The van der Waals surface area contributed by atoms with Crippen LogP contribution in [0.4, 0.5) is 0 Å². The summed E-state index contributed by atoms with van der Waals surface area (Å²) in [5.74, 6) is 1.68. The second-order valence-electron chi connectivity index (χ2n) is 7.01. The lowest BCUT2D eigenvalue weighted by molar-refractivity contribution is 0.405. The predicted octanol–water partition coefficient (Wildman–Crippen LogP) is 3.68. The number of aliphatic imine (C=N–C) groups is 1. The van der Waals surface area contributed by atoms with Crippen molar-refractivity contribution in [2.75, 3.05) is 13.7 Å². The Labute approximate surface area is 169 Å². The molecule has 0 fully saturated rings. The lowest BCUT2D eigenvalue weighted by Crippen LogP contribution is -2.38. The number of methoxy groups -OCH3 is 1. The van der Waals surface area contributed by atoms with Crippen LogP contribution < -0.4 is 15.4 Å². The number of ether oxygens (including phenoxy) is 1. The van der Waals surface area contributed by atoms with Crippen LogP contribution >= 0.6 is 0 Å². The summed E-state index contributed by atoms with van der Waals surface area (Å²) < 4.78 is 7.53. The summed E-state index contributed by atoms with van der Waals surface area (Å²) in [6.07, 6.45) is 1.87. The molecule has 0 saturated heterocycles. The van der Waals surface area contributed by atoms with Gasteiger partial charge >= 0.3 is 0 Å². The van der Waals surface area contributed by atoms with E-state index in [9.17, 15) is 0 Å². The Bertz CT molecular complexity index is 809. The maximum Gasteiger partial charge on any atom is 0.192 e. The third kappa shape index (κ3) is 5.06. The lowest BCUT2D eigenvalue weighted by atomic mass is 10.0. The highest BCUT2D eigenvalue weighted by atomic mass is 16.5. The van der Waals surface area contributed by atoms with Crippen molar-refractivity contribution < 1.29 is 4.74 Å². The van der Waals surface area contributed by atoms with Crippen LogP contribution in [-0.4, -0.2) is 29.4 Å². The number of hydrogen-bond donors (Lipinski definition) is 2. The molecule has 0 amide bonds. The van der Waals surface area contributed by atoms with Crippen molar-refractivity contribution in [3.05, 3.63) is 46.3 Å². The average Bonchev–Trinajstić information content (AvgIpc) is 3.00. The molecule has 0 bridgehead atoms. The van der Waals surface area contributed by atoms with Gasteiger partial charge in [0.15, 0.2) is 5.96 Å². The molecular weight excluding hydrogens is 350 g/mol. The van der Waals surface area contributed by atoms with Crippen molar-refractivity contribution in [1.82, 2.24) is 20.4 Å². The number of benzene rings is 1. The molecule has 1 atom stereocenters. The van der Waals surface area contributed by atoms with E-state index in [1.54, 1.807) is 7.11 Å². The summed E-state index contributed by atoms with van der Waals surface area (Å²) in [5.41, 5.74) is 5.96.